The van der Waals surface area contributed by atoms with Gasteiger partial charge in [-0.15, -0.1) is 10.2 Å². The molecule has 0 aromatic carbocycles. The van der Waals surface area contributed by atoms with Gasteiger partial charge in [-0.05, 0) is 19.8 Å². The Kier molecular flexibility index (Phi) is 4.82. The first-order valence-electron chi connectivity index (χ1n) is 6.22. The second-order valence-corrected chi connectivity index (χ2v) is 5.10. The van der Waals surface area contributed by atoms with Gasteiger partial charge in [-0.2, -0.15) is 0 Å². The van der Waals surface area contributed by atoms with E-state index in [1.807, 2.05) is 6.92 Å². The summed E-state index contributed by atoms with van der Waals surface area (Å²) in [6.07, 6.45) is 1.49. The van der Waals surface area contributed by atoms with E-state index in [4.69, 9.17) is 27.9 Å². The Morgan fingerprint density at radius 3 is 2.74 bits per heavy atom. The highest BCUT2D eigenvalue weighted by Gasteiger charge is 2.27. The summed E-state index contributed by atoms with van der Waals surface area (Å²) >= 11 is 11.8. The lowest BCUT2D eigenvalue weighted by molar-refractivity contribution is -0.148. The van der Waals surface area contributed by atoms with Crippen LogP contribution in [0.1, 0.15) is 19.8 Å². The minimum Gasteiger partial charge on any atom is -0.466 e. The highest BCUT2D eigenvalue weighted by molar-refractivity contribution is 6.33. The first-order chi connectivity index (χ1) is 9.11. The minimum absolute atomic E-state index is 0.0276. The number of halogens is 2. The number of hydrogen-bond donors (Lipinski definition) is 0. The molecule has 0 spiro atoms. The Bertz CT molecular complexity index is 462. The van der Waals surface area contributed by atoms with Crippen molar-refractivity contribution in [2.24, 2.45) is 5.92 Å². The molecule has 0 amide bonds. The van der Waals surface area contributed by atoms with Crippen molar-refractivity contribution in [3.05, 3.63) is 16.4 Å². The molecule has 1 saturated heterocycles. The minimum atomic E-state index is -0.112. The third-order valence-corrected chi connectivity index (χ3v) is 3.61. The van der Waals surface area contributed by atoms with Gasteiger partial charge in [-0.25, -0.2) is 0 Å². The maximum atomic E-state index is 11.7. The average molecular weight is 304 g/mol. The fourth-order valence-electron chi connectivity index (χ4n) is 2.18. The van der Waals surface area contributed by atoms with E-state index in [-0.39, 0.29) is 11.9 Å². The number of carbonyl (C=O) groups excluding carboxylic acids is 1. The molecular formula is C12H15Cl2N3O2. The van der Waals surface area contributed by atoms with Crippen LogP contribution in [0.5, 0.6) is 0 Å². The fraction of sp³-hybridized carbons (Fsp3) is 0.583. The molecule has 0 atom stereocenters. The Morgan fingerprint density at radius 1 is 1.42 bits per heavy atom. The van der Waals surface area contributed by atoms with Crippen molar-refractivity contribution in [2.75, 3.05) is 24.6 Å². The van der Waals surface area contributed by atoms with Gasteiger partial charge in [0.2, 0.25) is 0 Å². The van der Waals surface area contributed by atoms with Crippen LogP contribution in [0.15, 0.2) is 6.07 Å². The molecule has 0 bridgehead atoms. The van der Waals surface area contributed by atoms with Gasteiger partial charge in [0.05, 0.1) is 18.2 Å². The van der Waals surface area contributed by atoms with Gasteiger partial charge in [0.15, 0.2) is 10.3 Å². The van der Waals surface area contributed by atoms with Crippen molar-refractivity contribution < 1.29 is 9.53 Å². The molecule has 1 fully saturated rings. The lowest BCUT2D eigenvalue weighted by Crippen LogP contribution is -2.37. The molecule has 2 rings (SSSR count). The zero-order chi connectivity index (χ0) is 13.8. The Morgan fingerprint density at radius 2 is 2.11 bits per heavy atom. The van der Waals surface area contributed by atoms with E-state index in [1.165, 1.54) is 0 Å². The number of rotatable bonds is 3. The third kappa shape index (κ3) is 3.48. The molecular weight excluding hydrogens is 289 g/mol. The Hall–Kier alpha value is -1.07. The van der Waals surface area contributed by atoms with Crippen LogP contribution in [0.2, 0.25) is 10.3 Å². The molecule has 5 nitrogen and oxygen atoms in total. The van der Waals surface area contributed by atoms with Gasteiger partial charge in [-0.1, -0.05) is 23.2 Å². The largest absolute Gasteiger partial charge is 0.466 e. The molecule has 0 saturated carbocycles. The van der Waals surface area contributed by atoms with E-state index >= 15 is 0 Å². The number of esters is 1. The van der Waals surface area contributed by atoms with Crippen LogP contribution in [0.4, 0.5) is 5.69 Å². The van der Waals surface area contributed by atoms with E-state index in [1.54, 1.807) is 6.07 Å². The first kappa shape index (κ1) is 14.3. The molecule has 1 aromatic rings. The second-order valence-electron chi connectivity index (χ2n) is 4.36. The van der Waals surface area contributed by atoms with Crippen molar-refractivity contribution >= 4 is 34.9 Å². The number of ether oxygens (including phenoxy) is 1. The molecule has 0 unspecified atom stereocenters. The topological polar surface area (TPSA) is 55.3 Å². The van der Waals surface area contributed by atoms with Gasteiger partial charge in [0, 0.05) is 19.2 Å². The van der Waals surface area contributed by atoms with Gasteiger partial charge < -0.3 is 9.64 Å². The average Bonchev–Trinajstić information content (AvgIpc) is 2.42. The lowest BCUT2D eigenvalue weighted by Gasteiger charge is -2.32. The van der Waals surface area contributed by atoms with Crippen molar-refractivity contribution in [2.45, 2.75) is 19.8 Å². The summed E-state index contributed by atoms with van der Waals surface area (Å²) in [5.41, 5.74) is 0.768. The SMILES string of the molecule is CCOC(=O)C1CCN(c2cc(Cl)nnc2Cl)CC1. The number of nitrogens with zero attached hydrogens (tertiary/aromatic N) is 3. The quantitative estimate of drug-likeness (QED) is 0.803. The molecule has 1 aliphatic heterocycles. The summed E-state index contributed by atoms with van der Waals surface area (Å²) in [5.74, 6) is -0.139. The number of carbonyl (C=O) groups is 1. The highest BCUT2D eigenvalue weighted by atomic mass is 35.5. The lowest BCUT2D eigenvalue weighted by atomic mass is 9.97. The van der Waals surface area contributed by atoms with Gasteiger partial charge in [0.25, 0.3) is 0 Å². The third-order valence-electron chi connectivity index (χ3n) is 3.16. The summed E-state index contributed by atoms with van der Waals surface area (Å²) in [6.45, 7) is 3.70. The van der Waals surface area contributed by atoms with Crippen LogP contribution in [0.25, 0.3) is 0 Å². The number of hydrogen-bond acceptors (Lipinski definition) is 5. The predicted octanol–water partition coefficient (Wildman–Crippen LogP) is 2.56. The maximum Gasteiger partial charge on any atom is 0.309 e. The Balaban J connectivity index is 2.00. The maximum absolute atomic E-state index is 11.7. The summed E-state index contributed by atoms with van der Waals surface area (Å²) in [7, 11) is 0. The van der Waals surface area contributed by atoms with E-state index < -0.39 is 0 Å². The summed E-state index contributed by atoms with van der Waals surface area (Å²) in [6, 6.07) is 1.70. The monoisotopic (exact) mass is 303 g/mol. The number of piperidine rings is 1. The van der Waals surface area contributed by atoms with E-state index in [0.717, 1.165) is 31.6 Å². The van der Waals surface area contributed by atoms with Crippen LogP contribution in [0.3, 0.4) is 0 Å². The standard InChI is InChI=1S/C12H15Cl2N3O2/c1-2-19-12(18)8-3-5-17(6-4-8)9-7-10(13)15-16-11(9)14/h7-8H,2-6H2,1H3. The zero-order valence-electron chi connectivity index (χ0n) is 10.6. The summed E-state index contributed by atoms with van der Waals surface area (Å²) < 4.78 is 5.04. The number of anilines is 1. The van der Waals surface area contributed by atoms with E-state index in [2.05, 4.69) is 15.1 Å². The van der Waals surface area contributed by atoms with E-state index in [9.17, 15) is 4.79 Å². The highest BCUT2D eigenvalue weighted by Crippen LogP contribution is 2.29. The molecule has 7 heteroatoms. The molecule has 19 heavy (non-hydrogen) atoms. The van der Waals surface area contributed by atoms with Crippen LogP contribution in [0, 0.1) is 5.92 Å². The smallest absolute Gasteiger partial charge is 0.309 e. The van der Waals surface area contributed by atoms with Gasteiger partial charge in [0.1, 0.15) is 0 Å². The first-order valence-corrected chi connectivity index (χ1v) is 6.97. The molecule has 104 valence electrons. The fourth-order valence-corrected chi connectivity index (χ4v) is 2.54. The molecule has 0 aliphatic carbocycles. The molecule has 1 aliphatic rings. The molecule has 2 heterocycles. The molecule has 1 aromatic heterocycles. The van der Waals surface area contributed by atoms with E-state index in [0.29, 0.717) is 16.9 Å². The number of aromatic nitrogens is 2. The Labute approximate surface area is 121 Å². The summed E-state index contributed by atoms with van der Waals surface area (Å²) in [4.78, 5) is 13.7. The van der Waals surface area contributed by atoms with Gasteiger partial charge in [-0.3, -0.25) is 4.79 Å². The molecule has 0 N–H and O–H groups in total. The van der Waals surface area contributed by atoms with Crippen LogP contribution in [-0.4, -0.2) is 35.9 Å². The second kappa shape index (κ2) is 6.39. The van der Waals surface area contributed by atoms with Gasteiger partial charge >= 0.3 is 5.97 Å². The van der Waals surface area contributed by atoms with Crippen molar-refractivity contribution in [3.63, 3.8) is 0 Å². The van der Waals surface area contributed by atoms with Crippen molar-refractivity contribution in [1.82, 2.24) is 10.2 Å². The summed E-state index contributed by atoms with van der Waals surface area (Å²) in [5, 5.41) is 8.12. The normalized spacial score (nSPS) is 16.5. The van der Waals surface area contributed by atoms with Crippen molar-refractivity contribution in [1.29, 1.82) is 0 Å². The molecule has 0 radical (unpaired) electrons. The van der Waals surface area contributed by atoms with Crippen LogP contribution >= 0.6 is 23.2 Å². The van der Waals surface area contributed by atoms with Crippen LogP contribution < -0.4 is 4.90 Å². The van der Waals surface area contributed by atoms with Crippen molar-refractivity contribution in [3.8, 4) is 0 Å². The zero-order valence-corrected chi connectivity index (χ0v) is 12.1. The predicted molar refractivity (Wildman–Crippen MR) is 73.6 cm³/mol. The van der Waals surface area contributed by atoms with Crippen LogP contribution in [-0.2, 0) is 9.53 Å².